The fourth-order valence-corrected chi connectivity index (χ4v) is 2.82. The van der Waals surface area contributed by atoms with Crippen molar-refractivity contribution in [3.63, 3.8) is 0 Å². The molecule has 1 aliphatic rings. The molecular formula is C16H22N2O3. The van der Waals surface area contributed by atoms with Crippen molar-refractivity contribution in [2.24, 2.45) is 11.3 Å². The lowest BCUT2D eigenvalue weighted by atomic mass is 9.76. The summed E-state index contributed by atoms with van der Waals surface area (Å²) < 4.78 is 0. The van der Waals surface area contributed by atoms with Gasteiger partial charge in [-0.3, -0.25) is 4.79 Å². The molecule has 5 nitrogen and oxygen atoms in total. The Morgan fingerprint density at radius 3 is 2.62 bits per heavy atom. The Hall–Kier alpha value is -2.04. The van der Waals surface area contributed by atoms with Crippen molar-refractivity contribution < 1.29 is 14.7 Å². The summed E-state index contributed by atoms with van der Waals surface area (Å²) in [7, 11) is 0. The molecule has 0 radical (unpaired) electrons. The standard InChI is InChI=1S/C16H22N2O3/c1-11(2)16(14(19)20)7-8-18(10-16)15(21)17-13-6-4-5-12(3)9-13/h4-6,9,11H,7-8,10H2,1-3H3,(H,17,21)(H,19,20). The highest BCUT2D eigenvalue weighted by Crippen LogP contribution is 2.38. The first-order valence-electron chi connectivity index (χ1n) is 7.21. The molecule has 0 spiro atoms. The molecule has 2 N–H and O–H groups in total. The van der Waals surface area contributed by atoms with Crippen molar-refractivity contribution in [1.82, 2.24) is 4.90 Å². The zero-order valence-electron chi connectivity index (χ0n) is 12.7. The maximum absolute atomic E-state index is 12.3. The summed E-state index contributed by atoms with van der Waals surface area (Å²) in [6, 6.07) is 7.32. The zero-order valence-corrected chi connectivity index (χ0v) is 12.7. The van der Waals surface area contributed by atoms with Crippen LogP contribution in [0, 0.1) is 18.3 Å². The van der Waals surface area contributed by atoms with Gasteiger partial charge in [0.05, 0.1) is 5.41 Å². The van der Waals surface area contributed by atoms with Gasteiger partial charge in [-0.05, 0) is 37.0 Å². The number of urea groups is 1. The molecule has 1 fully saturated rings. The maximum Gasteiger partial charge on any atom is 0.321 e. The molecule has 21 heavy (non-hydrogen) atoms. The Kier molecular flexibility index (Phi) is 4.21. The van der Waals surface area contributed by atoms with Crippen LogP contribution in [0.4, 0.5) is 10.5 Å². The van der Waals surface area contributed by atoms with Gasteiger partial charge in [0.15, 0.2) is 0 Å². The highest BCUT2D eigenvalue weighted by Gasteiger charge is 2.48. The van der Waals surface area contributed by atoms with E-state index in [0.29, 0.717) is 13.0 Å². The number of carbonyl (C=O) groups excluding carboxylic acids is 1. The number of carboxylic acid groups (broad SMARTS) is 1. The number of carbonyl (C=O) groups is 2. The van der Waals surface area contributed by atoms with Crippen LogP contribution in [0.25, 0.3) is 0 Å². The Morgan fingerprint density at radius 1 is 1.38 bits per heavy atom. The Labute approximate surface area is 125 Å². The van der Waals surface area contributed by atoms with E-state index in [1.807, 2.05) is 45.0 Å². The quantitative estimate of drug-likeness (QED) is 0.899. The molecule has 0 bridgehead atoms. The largest absolute Gasteiger partial charge is 0.481 e. The van der Waals surface area contributed by atoms with Crippen LogP contribution in [-0.2, 0) is 4.79 Å². The first-order chi connectivity index (χ1) is 9.85. The predicted molar refractivity (Wildman–Crippen MR) is 81.3 cm³/mol. The van der Waals surface area contributed by atoms with Gasteiger partial charge in [0.25, 0.3) is 0 Å². The van der Waals surface area contributed by atoms with Gasteiger partial charge in [0.1, 0.15) is 0 Å². The lowest BCUT2D eigenvalue weighted by molar-refractivity contribution is -0.150. The number of aryl methyl sites for hydroxylation is 1. The average Bonchev–Trinajstić information content (AvgIpc) is 2.85. The normalized spacial score (nSPS) is 21.6. The highest BCUT2D eigenvalue weighted by atomic mass is 16.4. The fraction of sp³-hybridized carbons (Fsp3) is 0.500. The summed E-state index contributed by atoms with van der Waals surface area (Å²) in [5, 5.41) is 12.3. The van der Waals surface area contributed by atoms with Crippen LogP contribution >= 0.6 is 0 Å². The first kappa shape index (κ1) is 15.4. The smallest absolute Gasteiger partial charge is 0.321 e. The lowest BCUT2D eigenvalue weighted by Crippen LogP contribution is -2.41. The third-order valence-corrected chi connectivity index (χ3v) is 4.39. The van der Waals surface area contributed by atoms with Crippen molar-refractivity contribution in [3.8, 4) is 0 Å². The molecule has 5 heteroatoms. The number of amides is 2. The van der Waals surface area contributed by atoms with E-state index < -0.39 is 11.4 Å². The molecule has 114 valence electrons. The van der Waals surface area contributed by atoms with E-state index in [4.69, 9.17) is 0 Å². The Morgan fingerprint density at radius 2 is 2.10 bits per heavy atom. The van der Waals surface area contributed by atoms with Crippen LogP contribution in [0.1, 0.15) is 25.8 Å². The van der Waals surface area contributed by atoms with Gasteiger partial charge >= 0.3 is 12.0 Å². The number of hydrogen-bond acceptors (Lipinski definition) is 2. The number of hydrogen-bond donors (Lipinski definition) is 2. The Bertz CT molecular complexity index is 556. The minimum Gasteiger partial charge on any atom is -0.481 e. The minimum absolute atomic E-state index is 0.00762. The van der Waals surface area contributed by atoms with Gasteiger partial charge in [-0.2, -0.15) is 0 Å². The number of carboxylic acids is 1. The molecule has 1 atom stereocenters. The van der Waals surface area contributed by atoms with E-state index in [1.165, 1.54) is 0 Å². The summed E-state index contributed by atoms with van der Waals surface area (Å²) in [4.78, 5) is 25.5. The molecule has 2 rings (SSSR count). The third kappa shape index (κ3) is 3.01. The highest BCUT2D eigenvalue weighted by molar-refractivity contribution is 5.90. The summed E-state index contributed by atoms with van der Waals surface area (Å²) in [5.74, 6) is -0.824. The molecule has 1 unspecified atom stereocenters. The molecule has 0 saturated carbocycles. The van der Waals surface area contributed by atoms with Crippen LogP contribution in [-0.4, -0.2) is 35.1 Å². The zero-order chi connectivity index (χ0) is 15.6. The van der Waals surface area contributed by atoms with Crippen molar-refractivity contribution in [2.75, 3.05) is 18.4 Å². The molecule has 0 aliphatic carbocycles. The number of aliphatic carboxylic acids is 1. The van der Waals surface area contributed by atoms with Crippen LogP contribution in [0.15, 0.2) is 24.3 Å². The molecule has 1 saturated heterocycles. The predicted octanol–water partition coefficient (Wildman–Crippen LogP) is 2.96. The number of anilines is 1. The second-order valence-corrected chi connectivity index (χ2v) is 6.09. The monoisotopic (exact) mass is 290 g/mol. The first-order valence-corrected chi connectivity index (χ1v) is 7.21. The van der Waals surface area contributed by atoms with Gasteiger partial charge in [-0.1, -0.05) is 26.0 Å². The van der Waals surface area contributed by atoms with Gasteiger partial charge in [-0.25, -0.2) is 4.79 Å². The summed E-state index contributed by atoms with van der Waals surface area (Å²) in [6.45, 7) is 6.49. The second-order valence-electron chi connectivity index (χ2n) is 6.09. The van der Waals surface area contributed by atoms with Crippen LogP contribution in [0.5, 0.6) is 0 Å². The second kappa shape index (κ2) is 5.76. The van der Waals surface area contributed by atoms with E-state index >= 15 is 0 Å². The average molecular weight is 290 g/mol. The van der Waals surface area contributed by atoms with E-state index in [0.717, 1.165) is 11.3 Å². The molecule has 2 amide bonds. The topological polar surface area (TPSA) is 69.6 Å². The van der Waals surface area contributed by atoms with Crippen molar-refractivity contribution in [1.29, 1.82) is 0 Å². The number of rotatable bonds is 3. The van der Waals surface area contributed by atoms with E-state index in [9.17, 15) is 14.7 Å². The van der Waals surface area contributed by atoms with Crippen molar-refractivity contribution in [3.05, 3.63) is 29.8 Å². The van der Waals surface area contributed by atoms with Crippen molar-refractivity contribution in [2.45, 2.75) is 27.2 Å². The number of nitrogens with zero attached hydrogens (tertiary/aromatic N) is 1. The van der Waals surface area contributed by atoms with Crippen LogP contribution in [0.3, 0.4) is 0 Å². The van der Waals surface area contributed by atoms with Crippen molar-refractivity contribution >= 4 is 17.7 Å². The lowest BCUT2D eigenvalue weighted by Gasteiger charge is -2.28. The van der Waals surface area contributed by atoms with Gasteiger partial charge in [0.2, 0.25) is 0 Å². The molecule has 0 aromatic heterocycles. The Balaban J connectivity index is 2.07. The van der Waals surface area contributed by atoms with Crippen LogP contribution < -0.4 is 5.32 Å². The maximum atomic E-state index is 12.3. The molecular weight excluding hydrogens is 268 g/mol. The summed E-state index contributed by atoms with van der Waals surface area (Å²) in [5.41, 5.74) is 0.970. The minimum atomic E-state index is -0.829. The van der Waals surface area contributed by atoms with E-state index in [-0.39, 0.29) is 18.5 Å². The van der Waals surface area contributed by atoms with Gasteiger partial charge in [-0.15, -0.1) is 0 Å². The molecule has 1 heterocycles. The number of nitrogens with one attached hydrogen (secondary N) is 1. The summed E-state index contributed by atoms with van der Waals surface area (Å²) >= 11 is 0. The number of benzene rings is 1. The van der Waals surface area contributed by atoms with E-state index in [2.05, 4.69) is 5.32 Å². The van der Waals surface area contributed by atoms with Gasteiger partial charge in [0, 0.05) is 18.8 Å². The number of likely N-dealkylation sites (tertiary alicyclic amines) is 1. The SMILES string of the molecule is Cc1cccc(NC(=O)N2CCC(C(=O)O)(C(C)C)C2)c1. The third-order valence-electron chi connectivity index (χ3n) is 4.39. The van der Waals surface area contributed by atoms with E-state index in [1.54, 1.807) is 4.90 Å². The summed E-state index contributed by atoms with van der Waals surface area (Å²) in [6.07, 6.45) is 0.501. The fourth-order valence-electron chi connectivity index (χ4n) is 2.82. The molecule has 1 aliphatic heterocycles. The molecule has 1 aromatic carbocycles. The van der Waals surface area contributed by atoms with Gasteiger partial charge < -0.3 is 15.3 Å². The molecule has 1 aromatic rings. The van der Waals surface area contributed by atoms with Crippen LogP contribution in [0.2, 0.25) is 0 Å².